The molecule has 0 radical (unpaired) electrons. The van der Waals surface area contributed by atoms with Crippen LogP contribution in [0.25, 0.3) is 0 Å². The van der Waals surface area contributed by atoms with E-state index in [0.29, 0.717) is 24.6 Å². The Morgan fingerprint density at radius 3 is 2.80 bits per heavy atom. The smallest absolute Gasteiger partial charge is 0.246 e. The van der Waals surface area contributed by atoms with E-state index in [1.807, 2.05) is 11.0 Å². The van der Waals surface area contributed by atoms with Crippen molar-refractivity contribution in [3.8, 4) is 0 Å². The molecule has 1 aliphatic carbocycles. The highest BCUT2D eigenvalue weighted by molar-refractivity contribution is 5.87. The van der Waals surface area contributed by atoms with Gasteiger partial charge in [0.1, 0.15) is 5.82 Å². The number of aryl methyl sites for hydroxylation is 1. The molecule has 2 atom stereocenters. The summed E-state index contributed by atoms with van der Waals surface area (Å²) in [7, 11) is 1.66. The number of rotatable bonds is 6. The van der Waals surface area contributed by atoms with Crippen LogP contribution in [-0.4, -0.2) is 55.0 Å². The number of carbonyl (C=O) groups excluding carboxylic acids is 1. The van der Waals surface area contributed by atoms with E-state index in [0.717, 1.165) is 18.7 Å². The standard InChI is InChI=1S/C20H27FN2O2/c1-4-20(24)23-10-9-22(12-18(23)15-7-8-15)13-19(25-3)16-6-5-14(2)17(21)11-16/h4-6,11,15,18-19H,1,7-10,12-13H2,2-3H3/t18-,19-/m1/s1. The summed E-state index contributed by atoms with van der Waals surface area (Å²) in [6.45, 7) is 8.45. The number of hydrogen-bond acceptors (Lipinski definition) is 3. The van der Waals surface area contributed by atoms with Crippen LogP contribution in [0.2, 0.25) is 0 Å². The molecule has 0 aromatic heterocycles. The van der Waals surface area contributed by atoms with E-state index >= 15 is 0 Å². The first-order valence-corrected chi connectivity index (χ1v) is 8.97. The lowest BCUT2D eigenvalue weighted by atomic mass is 10.0. The molecule has 0 unspecified atom stereocenters. The number of nitrogens with zero attached hydrogens (tertiary/aromatic N) is 2. The Balaban J connectivity index is 1.68. The lowest BCUT2D eigenvalue weighted by Gasteiger charge is -2.42. The monoisotopic (exact) mass is 346 g/mol. The molecule has 1 saturated heterocycles. The summed E-state index contributed by atoms with van der Waals surface area (Å²) >= 11 is 0. The molecule has 1 aliphatic heterocycles. The molecule has 2 fully saturated rings. The molecule has 1 aromatic rings. The number of ether oxygens (including phenoxy) is 1. The number of halogens is 1. The van der Waals surface area contributed by atoms with Gasteiger partial charge in [-0.3, -0.25) is 9.69 Å². The predicted octanol–water partition coefficient (Wildman–Crippen LogP) is 2.93. The van der Waals surface area contributed by atoms with Gasteiger partial charge in [-0.05, 0) is 49.0 Å². The fourth-order valence-electron chi connectivity index (χ4n) is 3.67. The van der Waals surface area contributed by atoms with Crippen LogP contribution < -0.4 is 0 Å². The molecule has 0 N–H and O–H groups in total. The number of methoxy groups -OCH3 is 1. The summed E-state index contributed by atoms with van der Waals surface area (Å²) in [5, 5.41) is 0. The van der Waals surface area contributed by atoms with Crippen molar-refractivity contribution in [2.24, 2.45) is 5.92 Å². The van der Waals surface area contributed by atoms with Gasteiger partial charge in [-0.25, -0.2) is 4.39 Å². The molecule has 5 heteroatoms. The van der Waals surface area contributed by atoms with Crippen molar-refractivity contribution in [1.82, 2.24) is 9.80 Å². The van der Waals surface area contributed by atoms with Crippen molar-refractivity contribution in [3.63, 3.8) is 0 Å². The van der Waals surface area contributed by atoms with Crippen LogP contribution >= 0.6 is 0 Å². The number of hydrogen-bond donors (Lipinski definition) is 0. The third kappa shape index (κ3) is 4.10. The quantitative estimate of drug-likeness (QED) is 0.743. The van der Waals surface area contributed by atoms with Gasteiger partial charge in [0.15, 0.2) is 0 Å². The molecule has 2 aliphatic rings. The lowest BCUT2D eigenvalue weighted by Crippen LogP contribution is -2.56. The molecule has 1 saturated carbocycles. The predicted molar refractivity (Wildman–Crippen MR) is 95.7 cm³/mol. The van der Waals surface area contributed by atoms with Crippen molar-refractivity contribution < 1.29 is 13.9 Å². The van der Waals surface area contributed by atoms with Gasteiger partial charge < -0.3 is 9.64 Å². The van der Waals surface area contributed by atoms with Crippen molar-refractivity contribution in [2.45, 2.75) is 31.9 Å². The van der Waals surface area contributed by atoms with Crippen LogP contribution in [0.15, 0.2) is 30.9 Å². The maximum Gasteiger partial charge on any atom is 0.246 e. The molecular weight excluding hydrogens is 319 g/mol. The average Bonchev–Trinajstić information content (AvgIpc) is 3.46. The topological polar surface area (TPSA) is 32.8 Å². The second kappa shape index (κ2) is 7.67. The number of amides is 1. The van der Waals surface area contributed by atoms with Gasteiger partial charge in [-0.2, -0.15) is 0 Å². The first-order chi connectivity index (χ1) is 12.0. The molecule has 1 amide bonds. The van der Waals surface area contributed by atoms with Crippen LogP contribution in [-0.2, 0) is 9.53 Å². The first-order valence-electron chi connectivity index (χ1n) is 8.97. The Morgan fingerprint density at radius 1 is 1.44 bits per heavy atom. The summed E-state index contributed by atoms with van der Waals surface area (Å²) in [6, 6.07) is 5.55. The summed E-state index contributed by atoms with van der Waals surface area (Å²) in [4.78, 5) is 16.4. The second-order valence-corrected chi connectivity index (χ2v) is 7.13. The zero-order valence-corrected chi connectivity index (χ0v) is 15.1. The fourth-order valence-corrected chi connectivity index (χ4v) is 3.67. The Morgan fingerprint density at radius 2 is 2.20 bits per heavy atom. The van der Waals surface area contributed by atoms with Crippen LogP contribution in [0.1, 0.15) is 30.1 Å². The van der Waals surface area contributed by atoms with Gasteiger partial charge in [0, 0.05) is 39.3 Å². The Kier molecular flexibility index (Phi) is 5.54. The molecule has 25 heavy (non-hydrogen) atoms. The average molecular weight is 346 g/mol. The number of carbonyl (C=O) groups is 1. The SMILES string of the molecule is C=CC(=O)N1CCN(C[C@@H](OC)c2ccc(C)c(F)c2)C[C@@H]1C1CC1. The van der Waals surface area contributed by atoms with Gasteiger partial charge >= 0.3 is 0 Å². The van der Waals surface area contributed by atoms with E-state index in [1.165, 1.54) is 18.9 Å². The van der Waals surface area contributed by atoms with E-state index in [-0.39, 0.29) is 23.9 Å². The van der Waals surface area contributed by atoms with Gasteiger partial charge in [0.25, 0.3) is 0 Å². The zero-order chi connectivity index (χ0) is 18.0. The van der Waals surface area contributed by atoms with Crippen molar-refractivity contribution in [3.05, 3.63) is 47.8 Å². The molecule has 0 spiro atoms. The summed E-state index contributed by atoms with van der Waals surface area (Å²) in [5.74, 6) is 0.432. The van der Waals surface area contributed by atoms with Crippen molar-refractivity contribution in [1.29, 1.82) is 0 Å². The number of piperazine rings is 1. The van der Waals surface area contributed by atoms with Crippen LogP contribution in [0.5, 0.6) is 0 Å². The van der Waals surface area contributed by atoms with E-state index in [4.69, 9.17) is 4.74 Å². The molecule has 1 heterocycles. The Bertz CT molecular complexity index is 645. The van der Waals surface area contributed by atoms with Gasteiger partial charge in [0.05, 0.1) is 6.10 Å². The van der Waals surface area contributed by atoms with E-state index in [2.05, 4.69) is 11.5 Å². The Labute approximate surface area is 149 Å². The van der Waals surface area contributed by atoms with Gasteiger partial charge in [0.2, 0.25) is 5.91 Å². The van der Waals surface area contributed by atoms with Gasteiger partial charge in [-0.1, -0.05) is 18.7 Å². The molecule has 136 valence electrons. The van der Waals surface area contributed by atoms with Crippen molar-refractivity contribution in [2.75, 3.05) is 33.3 Å². The maximum absolute atomic E-state index is 13.9. The fraction of sp³-hybridized carbons (Fsp3) is 0.550. The molecule has 1 aromatic carbocycles. The highest BCUT2D eigenvalue weighted by atomic mass is 19.1. The van der Waals surface area contributed by atoms with E-state index in [1.54, 1.807) is 26.2 Å². The minimum absolute atomic E-state index is 0.0282. The maximum atomic E-state index is 13.9. The zero-order valence-electron chi connectivity index (χ0n) is 15.1. The third-order valence-electron chi connectivity index (χ3n) is 5.40. The molecular formula is C20H27FN2O2. The molecule has 3 rings (SSSR count). The van der Waals surface area contributed by atoms with E-state index < -0.39 is 0 Å². The second-order valence-electron chi connectivity index (χ2n) is 7.13. The summed E-state index contributed by atoms with van der Waals surface area (Å²) < 4.78 is 19.5. The normalized spacial score (nSPS) is 22.7. The minimum Gasteiger partial charge on any atom is -0.375 e. The van der Waals surface area contributed by atoms with Crippen LogP contribution in [0, 0.1) is 18.7 Å². The highest BCUT2D eigenvalue weighted by Gasteiger charge is 2.40. The third-order valence-corrected chi connectivity index (χ3v) is 5.40. The van der Waals surface area contributed by atoms with E-state index in [9.17, 15) is 9.18 Å². The number of benzene rings is 1. The summed E-state index contributed by atoms with van der Waals surface area (Å²) in [5.41, 5.74) is 1.50. The van der Waals surface area contributed by atoms with Gasteiger partial charge in [-0.15, -0.1) is 0 Å². The van der Waals surface area contributed by atoms with Crippen LogP contribution in [0.4, 0.5) is 4.39 Å². The summed E-state index contributed by atoms with van der Waals surface area (Å²) in [6.07, 6.45) is 3.63. The lowest BCUT2D eigenvalue weighted by molar-refractivity contribution is -0.131. The first kappa shape index (κ1) is 18.1. The molecule has 4 nitrogen and oxygen atoms in total. The largest absolute Gasteiger partial charge is 0.375 e. The minimum atomic E-state index is -0.197. The molecule has 0 bridgehead atoms. The van der Waals surface area contributed by atoms with Crippen molar-refractivity contribution >= 4 is 5.91 Å². The van der Waals surface area contributed by atoms with Crippen LogP contribution in [0.3, 0.4) is 0 Å². The Hall–Kier alpha value is -1.72. The highest BCUT2D eigenvalue weighted by Crippen LogP contribution is 2.37.